The average Bonchev–Trinajstić information content (AvgIpc) is 3.21. The van der Waals surface area contributed by atoms with Gasteiger partial charge in [0, 0.05) is 31.2 Å². The minimum atomic E-state index is -0.397. The normalized spacial score (nSPS) is 19.5. The summed E-state index contributed by atoms with van der Waals surface area (Å²) in [6, 6.07) is 10.7. The molecule has 3 aromatic rings. The van der Waals surface area contributed by atoms with Crippen molar-refractivity contribution in [3.8, 4) is 0 Å². The van der Waals surface area contributed by atoms with Gasteiger partial charge in [-0.2, -0.15) is 0 Å². The van der Waals surface area contributed by atoms with Crippen LogP contribution in [0, 0.1) is 6.92 Å². The van der Waals surface area contributed by atoms with Crippen LogP contribution in [0.2, 0.25) is 0 Å². The first-order valence-electron chi connectivity index (χ1n) is 10.8. The third-order valence-corrected chi connectivity index (χ3v) is 7.31. The van der Waals surface area contributed by atoms with E-state index in [9.17, 15) is 9.90 Å². The summed E-state index contributed by atoms with van der Waals surface area (Å²) >= 11 is 0. The fraction of sp³-hybridized carbons (Fsp3) is 0.417. The van der Waals surface area contributed by atoms with Crippen LogP contribution < -0.4 is 5.32 Å². The Kier molecular flexibility index (Phi) is 3.64. The van der Waals surface area contributed by atoms with Crippen molar-refractivity contribution in [3.05, 3.63) is 58.4 Å². The van der Waals surface area contributed by atoms with E-state index in [1.807, 2.05) is 20.0 Å². The molecule has 30 heavy (non-hydrogen) atoms. The molecule has 1 saturated heterocycles. The Morgan fingerprint density at radius 2 is 1.93 bits per heavy atom. The monoisotopic (exact) mass is 402 g/mol. The van der Waals surface area contributed by atoms with E-state index in [1.165, 1.54) is 11.1 Å². The number of aromatic nitrogens is 2. The van der Waals surface area contributed by atoms with E-state index in [4.69, 9.17) is 4.98 Å². The van der Waals surface area contributed by atoms with Gasteiger partial charge in [-0.25, -0.2) is 4.98 Å². The highest BCUT2D eigenvalue weighted by Crippen LogP contribution is 2.44. The van der Waals surface area contributed by atoms with Crippen molar-refractivity contribution in [2.45, 2.75) is 44.2 Å². The number of likely N-dealkylation sites (tertiary alicyclic amines) is 1. The van der Waals surface area contributed by atoms with E-state index in [1.54, 1.807) is 4.90 Å². The number of β-amino-alcohol motifs (C(OH)–C–C–N with tert-alkyl or cyclic N) is 1. The maximum atomic E-state index is 13.3. The molecular weight excluding hydrogens is 376 g/mol. The zero-order valence-corrected chi connectivity index (χ0v) is 17.4. The van der Waals surface area contributed by atoms with Gasteiger partial charge >= 0.3 is 0 Å². The lowest BCUT2D eigenvalue weighted by Crippen LogP contribution is -2.53. The Bertz CT molecular complexity index is 1180. The molecule has 2 N–H and O–H groups in total. The quantitative estimate of drug-likeness (QED) is 0.656. The summed E-state index contributed by atoms with van der Waals surface area (Å²) in [6.45, 7) is 2.84. The molecule has 1 amide bonds. The van der Waals surface area contributed by atoms with Crippen LogP contribution in [-0.2, 0) is 26.3 Å². The first-order chi connectivity index (χ1) is 14.4. The van der Waals surface area contributed by atoms with Crippen LogP contribution in [0.15, 0.2) is 30.3 Å². The van der Waals surface area contributed by atoms with E-state index >= 15 is 0 Å². The maximum absolute atomic E-state index is 13.3. The van der Waals surface area contributed by atoms with E-state index in [0.29, 0.717) is 13.1 Å². The minimum Gasteiger partial charge on any atom is -0.389 e. The largest absolute Gasteiger partial charge is 0.389 e. The molecule has 1 aromatic heterocycles. The number of anilines is 1. The van der Waals surface area contributed by atoms with Crippen molar-refractivity contribution in [2.75, 3.05) is 18.4 Å². The summed E-state index contributed by atoms with van der Waals surface area (Å²) in [5.41, 5.74) is 7.63. The van der Waals surface area contributed by atoms with Gasteiger partial charge in [-0.15, -0.1) is 0 Å². The number of carbonyl (C=O) groups is 1. The summed E-state index contributed by atoms with van der Waals surface area (Å²) in [7, 11) is 2.00. The van der Waals surface area contributed by atoms with Gasteiger partial charge in [-0.3, -0.25) is 4.79 Å². The second-order valence-electron chi connectivity index (χ2n) is 9.26. The van der Waals surface area contributed by atoms with Crippen molar-refractivity contribution in [1.29, 1.82) is 0 Å². The number of fused-ring (bicyclic) bond motifs is 4. The number of nitrogens with zero attached hydrogens (tertiary/aromatic N) is 3. The van der Waals surface area contributed by atoms with E-state index in [2.05, 4.69) is 34.1 Å². The van der Waals surface area contributed by atoms with Crippen LogP contribution in [0.25, 0.3) is 11.0 Å². The Morgan fingerprint density at radius 3 is 2.60 bits per heavy atom. The molecule has 3 heterocycles. The highest BCUT2D eigenvalue weighted by atomic mass is 16.3. The van der Waals surface area contributed by atoms with Crippen LogP contribution in [0.1, 0.15) is 39.3 Å². The summed E-state index contributed by atoms with van der Waals surface area (Å²) < 4.78 is 2.06. The molecule has 0 radical (unpaired) electrons. The molecule has 3 aliphatic rings. The molecule has 0 bridgehead atoms. The molecule has 6 heteroatoms. The number of aliphatic hydroxyl groups is 1. The lowest BCUT2D eigenvalue weighted by molar-refractivity contribution is 0.00582. The van der Waals surface area contributed by atoms with Crippen molar-refractivity contribution < 1.29 is 9.90 Å². The second-order valence-corrected chi connectivity index (χ2v) is 9.26. The molecule has 154 valence electrons. The van der Waals surface area contributed by atoms with Gasteiger partial charge in [0.25, 0.3) is 5.91 Å². The Balaban J connectivity index is 1.47. The molecule has 6 rings (SSSR count). The van der Waals surface area contributed by atoms with Gasteiger partial charge in [-0.05, 0) is 55.4 Å². The van der Waals surface area contributed by atoms with Gasteiger partial charge < -0.3 is 19.9 Å². The van der Waals surface area contributed by atoms with Crippen LogP contribution in [0.4, 0.5) is 5.69 Å². The Labute approximate surface area is 175 Å². The number of benzene rings is 2. The van der Waals surface area contributed by atoms with E-state index in [-0.39, 0.29) is 11.4 Å². The number of amides is 1. The zero-order chi connectivity index (χ0) is 20.6. The highest BCUT2D eigenvalue weighted by Gasteiger charge is 2.42. The first kappa shape index (κ1) is 18.0. The number of carbonyl (C=O) groups excluding carboxylic acids is 1. The number of aliphatic hydroxyl groups excluding tert-OH is 1. The third kappa shape index (κ3) is 2.46. The predicted octanol–water partition coefficient (Wildman–Crippen LogP) is 2.59. The standard InChI is InChI=1S/C24H26N4O2/c1-14-25-22-20(27(14)2)9-19(23(30)28-12-17(29)13-28)18-7-8-24(26-21(18)22)10-15-5-3-4-6-16(15)11-24/h3-6,9,17,26,29H,7-8,10-13H2,1-2H3. The number of rotatable bonds is 1. The lowest BCUT2D eigenvalue weighted by Gasteiger charge is -2.40. The molecular formula is C24H26N4O2. The summed E-state index contributed by atoms with van der Waals surface area (Å²) in [5, 5.41) is 13.6. The summed E-state index contributed by atoms with van der Waals surface area (Å²) in [4.78, 5) is 19.9. The first-order valence-corrected chi connectivity index (χ1v) is 10.8. The number of hydrogen-bond donors (Lipinski definition) is 2. The van der Waals surface area contributed by atoms with Gasteiger partial charge in [0.2, 0.25) is 0 Å². The molecule has 2 aromatic carbocycles. The number of imidazole rings is 1. The molecule has 1 aliphatic carbocycles. The fourth-order valence-electron chi connectivity index (χ4n) is 5.51. The molecule has 2 aliphatic heterocycles. The fourth-order valence-corrected chi connectivity index (χ4v) is 5.51. The second kappa shape index (κ2) is 6.08. The van der Waals surface area contributed by atoms with Gasteiger partial charge in [0.15, 0.2) is 0 Å². The Hall–Kier alpha value is -2.86. The number of hydrogen-bond acceptors (Lipinski definition) is 4. The third-order valence-electron chi connectivity index (χ3n) is 7.31. The van der Waals surface area contributed by atoms with E-state index in [0.717, 1.165) is 59.4 Å². The highest BCUT2D eigenvalue weighted by molar-refractivity contribution is 6.04. The van der Waals surface area contributed by atoms with Crippen LogP contribution >= 0.6 is 0 Å². The van der Waals surface area contributed by atoms with Crippen LogP contribution in [0.3, 0.4) is 0 Å². The molecule has 0 atom stereocenters. The summed E-state index contributed by atoms with van der Waals surface area (Å²) in [5.74, 6) is 0.956. The lowest BCUT2D eigenvalue weighted by atomic mass is 9.81. The van der Waals surface area contributed by atoms with Gasteiger partial charge in [0.05, 0.1) is 17.3 Å². The van der Waals surface area contributed by atoms with Crippen molar-refractivity contribution in [3.63, 3.8) is 0 Å². The minimum absolute atomic E-state index is 0.0103. The van der Waals surface area contributed by atoms with Gasteiger partial charge in [-0.1, -0.05) is 24.3 Å². The predicted molar refractivity (Wildman–Crippen MR) is 116 cm³/mol. The topological polar surface area (TPSA) is 70.4 Å². The van der Waals surface area contributed by atoms with Gasteiger partial charge in [0.1, 0.15) is 11.3 Å². The summed E-state index contributed by atoms with van der Waals surface area (Å²) in [6.07, 6.45) is 3.47. The molecule has 1 spiro atoms. The van der Waals surface area contributed by atoms with Crippen molar-refractivity contribution >= 4 is 22.6 Å². The molecule has 6 nitrogen and oxygen atoms in total. The van der Waals surface area contributed by atoms with E-state index < -0.39 is 6.10 Å². The van der Waals surface area contributed by atoms with Crippen molar-refractivity contribution in [1.82, 2.24) is 14.5 Å². The molecule has 0 saturated carbocycles. The SMILES string of the molecule is Cc1nc2c3c(c(C(=O)N4CC(O)C4)cc2n1C)CCC1(Cc2ccccc2C1)N3. The maximum Gasteiger partial charge on any atom is 0.254 e. The Morgan fingerprint density at radius 1 is 1.23 bits per heavy atom. The molecule has 0 unspecified atom stereocenters. The van der Waals surface area contributed by atoms with Crippen LogP contribution in [-0.4, -0.2) is 50.2 Å². The van der Waals surface area contributed by atoms with Crippen LogP contribution in [0.5, 0.6) is 0 Å². The van der Waals surface area contributed by atoms with Crippen molar-refractivity contribution in [2.24, 2.45) is 7.05 Å². The molecule has 1 fully saturated rings. The number of aryl methyl sites for hydroxylation is 2. The average molecular weight is 402 g/mol. The zero-order valence-electron chi connectivity index (χ0n) is 17.4. The smallest absolute Gasteiger partial charge is 0.254 e. The number of nitrogens with one attached hydrogen (secondary N) is 1.